The summed E-state index contributed by atoms with van der Waals surface area (Å²) in [5.74, 6) is 0. The van der Waals surface area contributed by atoms with Crippen molar-refractivity contribution in [1.82, 2.24) is 0 Å². The lowest BCUT2D eigenvalue weighted by Crippen LogP contribution is -2.09. The molecule has 0 aliphatic rings. The Balaban J connectivity index is 0.00000115. The van der Waals surface area contributed by atoms with Gasteiger partial charge in [-0.25, -0.2) is 0 Å². The molecule has 0 unspecified atom stereocenters. The third-order valence-corrected chi connectivity index (χ3v) is 2.82. The molecule has 0 fully saturated rings. The molecule has 0 N–H and O–H groups in total. The van der Waals surface area contributed by atoms with Crippen LogP contribution in [0.25, 0.3) is 11.1 Å². The largest absolute Gasteiger partial charge is 0.0776 e. The van der Waals surface area contributed by atoms with E-state index in [1.165, 1.54) is 16.7 Å². The molecule has 2 aromatic rings. The van der Waals surface area contributed by atoms with Gasteiger partial charge in [0.1, 0.15) is 0 Å². The first-order chi connectivity index (χ1) is 9.06. The van der Waals surface area contributed by atoms with Gasteiger partial charge in [-0.05, 0) is 28.5 Å². The average molecular weight is 270 g/mol. The minimum Gasteiger partial charge on any atom is -0.0776 e. The van der Waals surface area contributed by atoms with Gasteiger partial charge in [-0.3, -0.25) is 0 Å². The fraction of sp³-hybridized carbons (Fsp3) is 0.400. The van der Waals surface area contributed by atoms with Crippen LogP contribution in [0, 0.1) is 5.41 Å². The lowest BCUT2D eigenvalue weighted by atomic mass is 9.85. The van der Waals surface area contributed by atoms with Crippen LogP contribution < -0.4 is 0 Å². The quantitative estimate of drug-likeness (QED) is 0.576. The van der Waals surface area contributed by atoms with Crippen molar-refractivity contribution in [2.45, 2.75) is 48.5 Å². The van der Waals surface area contributed by atoms with E-state index in [2.05, 4.69) is 75.4 Å². The summed E-state index contributed by atoms with van der Waals surface area (Å²) in [5, 5.41) is 0. The summed E-state index contributed by atoms with van der Waals surface area (Å²) in [7, 11) is 0. The number of hydrogen-bond donors (Lipinski definition) is 0. The minimum absolute atomic E-state index is 0. The number of benzene rings is 2. The van der Waals surface area contributed by atoms with Gasteiger partial charge < -0.3 is 0 Å². The van der Waals surface area contributed by atoms with Crippen molar-refractivity contribution in [3.8, 4) is 11.1 Å². The lowest BCUT2D eigenvalue weighted by Gasteiger charge is -2.20. The normalized spacial score (nSPS) is 10.1. The molecule has 0 bridgehead atoms. The molecule has 0 saturated carbocycles. The van der Waals surface area contributed by atoms with Gasteiger partial charge in [0.15, 0.2) is 0 Å². The molecule has 0 aromatic heterocycles. The molecule has 110 valence electrons. The smallest absolute Gasteiger partial charge is 0.0152 e. The highest BCUT2D eigenvalue weighted by atomic mass is 14.2. The Morgan fingerprint density at radius 3 is 1.80 bits per heavy atom. The maximum absolute atomic E-state index is 2.29. The summed E-state index contributed by atoms with van der Waals surface area (Å²) < 4.78 is 0. The molecule has 0 nitrogen and oxygen atoms in total. The Bertz CT molecular complexity index is 475. The van der Waals surface area contributed by atoms with Crippen molar-refractivity contribution in [2.75, 3.05) is 0 Å². The van der Waals surface area contributed by atoms with Crippen LogP contribution in [0.3, 0.4) is 0 Å². The van der Waals surface area contributed by atoms with E-state index in [4.69, 9.17) is 0 Å². The second kappa shape index (κ2) is 8.58. The van der Waals surface area contributed by atoms with Gasteiger partial charge in [-0.2, -0.15) is 0 Å². The van der Waals surface area contributed by atoms with Crippen LogP contribution in [0.1, 0.15) is 47.6 Å². The van der Waals surface area contributed by atoms with Gasteiger partial charge in [-0.15, -0.1) is 0 Å². The Morgan fingerprint density at radius 2 is 1.25 bits per heavy atom. The van der Waals surface area contributed by atoms with Crippen molar-refractivity contribution in [2.24, 2.45) is 5.41 Å². The Kier molecular flexibility index (Phi) is 7.91. The summed E-state index contributed by atoms with van der Waals surface area (Å²) in [6, 6.07) is 19.3. The highest BCUT2D eigenvalue weighted by Crippen LogP contribution is 2.29. The third kappa shape index (κ3) is 5.61. The Labute approximate surface area is 125 Å². The standard InChI is InChI=1S/C17H20.C2H6.CH4/c1-17(2,3)13-15-11-7-8-12-16(15)14-9-5-4-6-10-14;1-2;/h4-12H,13H2,1-3H3;1-2H3;1H4. The molecule has 0 heterocycles. The van der Waals surface area contributed by atoms with E-state index in [0.29, 0.717) is 5.41 Å². The molecule has 20 heavy (non-hydrogen) atoms. The van der Waals surface area contributed by atoms with E-state index in [1.54, 1.807) is 0 Å². The predicted octanol–water partition coefficient (Wildman–Crippen LogP) is 6.60. The van der Waals surface area contributed by atoms with Gasteiger partial charge in [0.25, 0.3) is 0 Å². The lowest BCUT2D eigenvalue weighted by molar-refractivity contribution is 0.412. The maximum atomic E-state index is 2.29. The third-order valence-electron chi connectivity index (χ3n) is 2.82. The minimum atomic E-state index is 0. The van der Waals surface area contributed by atoms with Crippen molar-refractivity contribution < 1.29 is 0 Å². The summed E-state index contributed by atoms with van der Waals surface area (Å²) in [5.41, 5.74) is 4.44. The topological polar surface area (TPSA) is 0 Å². The molecule has 0 radical (unpaired) electrons. The van der Waals surface area contributed by atoms with Gasteiger partial charge in [0.2, 0.25) is 0 Å². The molecule has 0 amide bonds. The Morgan fingerprint density at radius 1 is 0.750 bits per heavy atom. The molecule has 0 aliphatic heterocycles. The second-order valence-corrected chi connectivity index (χ2v) is 5.76. The van der Waals surface area contributed by atoms with E-state index < -0.39 is 0 Å². The zero-order valence-corrected chi connectivity index (χ0v) is 12.9. The van der Waals surface area contributed by atoms with Crippen molar-refractivity contribution in [3.63, 3.8) is 0 Å². The molecule has 2 aromatic carbocycles. The van der Waals surface area contributed by atoms with Crippen LogP contribution in [-0.4, -0.2) is 0 Å². The van der Waals surface area contributed by atoms with Gasteiger partial charge in [-0.1, -0.05) is 96.6 Å². The molecule has 0 heteroatoms. The summed E-state index contributed by atoms with van der Waals surface area (Å²) in [6.45, 7) is 10.9. The molecule has 0 saturated heterocycles. The number of hydrogen-bond acceptors (Lipinski definition) is 0. The van der Waals surface area contributed by atoms with Crippen LogP contribution in [0.2, 0.25) is 0 Å². The van der Waals surface area contributed by atoms with Crippen LogP contribution in [0.5, 0.6) is 0 Å². The first-order valence-corrected chi connectivity index (χ1v) is 7.20. The maximum Gasteiger partial charge on any atom is -0.0152 e. The van der Waals surface area contributed by atoms with Gasteiger partial charge in [0, 0.05) is 0 Å². The van der Waals surface area contributed by atoms with Crippen LogP contribution in [0.4, 0.5) is 0 Å². The summed E-state index contributed by atoms with van der Waals surface area (Å²) in [6.07, 6.45) is 1.11. The second-order valence-electron chi connectivity index (χ2n) is 5.76. The molecule has 0 spiro atoms. The Hall–Kier alpha value is -1.56. The van der Waals surface area contributed by atoms with E-state index in [0.717, 1.165) is 6.42 Å². The van der Waals surface area contributed by atoms with Crippen molar-refractivity contribution >= 4 is 0 Å². The van der Waals surface area contributed by atoms with E-state index in [-0.39, 0.29) is 7.43 Å². The molecular formula is C20H30. The number of rotatable bonds is 2. The fourth-order valence-corrected chi connectivity index (χ4v) is 2.15. The van der Waals surface area contributed by atoms with E-state index in [1.807, 2.05) is 13.8 Å². The van der Waals surface area contributed by atoms with Crippen molar-refractivity contribution in [1.29, 1.82) is 0 Å². The van der Waals surface area contributed by atoms with Crippen LogP contribution >= 0.6 is 0 Å². The van der Waals surface area contributed by atoms with E-state index >= 15 is 0 Å². The average Bonchev–Trinajstić information content (AvgIpc) is 2.41. The summed E-state index contributed by atoms with van der Waals surface area (Å²) in [4.78, 5) is 0. The van der Waals surface area contributed by atoms with Crippen molar-refractivity contribution in [3.05, 3.63) is 60.2 Å². The van der Waals surface area contributed by atoms with E-state index in [9.17, 15) is 0 Å². The van der Waals surface area contributed by atoms with Gasteiger partial charge in [0.05, 0.1) is 0 Å². The summed E-state index contributed by atoms with van der Waals surface area (Å²) >= 11 is 0. The first kappa shape index (κ1) is 18.4. The first-order valence-electron chi connectivity index (χ1n) is 7.20. The molecule has 0 aliphatic carbocycles. The highest BCUT2D eigenvalue weighted by Gasteiger charge is 2.14. The SMILES string of the molecule is C.CC.CC(C)(C)Cc1ccccc1-c1ccccc1. The van der Waals surface area contributed by atoms with Crippen LogP contribution in [0.15, 0.2) is 54.6 Å². The predicted molar refractivity (Wildman–Crippen MR) is 93.1 cm³/mol. The fourth-order valence-electron chi connectivity index (χ4n) is 2.15. The zero-order valence-electron chi connectivity index (χ0n) is 12.9. The molecule has 2 rings (SSSR count). The van der Waals surface area contributed by atoms with Gasteiger partial charge >= 0.3 is 0 Å². The molecular weight excluding hydrogens is 240 g/mol. The monoisotopic (exact) mass is 270 g/mol. The zero-order chi connectivity index (χ0) is 14.3. The molecule has 0 atom stereocenters. The highest BCUT2D eigenvalue weighted by molar-refractivity contribution is 5.67. The van der Waals surface area contributed by atoms with Crippen LogP contribution in [-0.2, 0) is 6.42 Å².